The lowest BCUT2D eigenvalue weighted by Crippen LogP contribution is -2.47. The fourth-order valence-corrected chi connectivity index (χ4v) is 5.52. The van der Waals surface area contributed by atoms with Gasteiger partial charge in [0.15, 0.2) is 0 Å². The average Bonchev–Trinajstić information content (AvgIpc) is 3.27. The molecular weight excluding hydrogens is 470 g/mol. The van der Waals surface area contributed by atoms with Crippen LogP contribution in [-0.2, 0) is 6.54 Å². The molecule has 0 saturated carbocycles. The summed E-state index contributed by atoms with van der Waals surface area (Å²) in [4.78, 5) is 21.1. The number of aryl methyl sites for hydroxylation is 1. The van der Waals surface area contributed by atoms with Gasteiger partial charge in [0.2, 0.25) is 0 Å². The highest BCUT2D eigenvalue weighted by Crippen LogP contribution is 2.31. The van der Waals surface area contributed by atoms with Gasteiger partial charge in [0.05, 0.1) is 17.9 Å². The van der Waals surface area contributed by atoms with E-state index in [1.54, 1.807) is 0 Å². The SMILES string of the molecule is CCN1CCN(c2c(CN(CC(C)C)C(=O)c3cccc4ccccc34)c(C)nn2-c2ccccc2)CC1. The van der Waals surface area contributed by atoms with Crippen LogP contribution in [-0.4, -0.2) is 64.8 Å². The normalized spacial score (nSPS) is 14.4. The molecule has 1 fully saturated rings. The quantitative estimate of drug-likeness (QED) is 0.302. The molecule has 2 heterocycles. The summed E-state index contributed by atoms with van der Waals surface area (Å²) >= 11 is 0. The molecule has 6 nitrogen and oxygen atoms in total. The predicted molar refractivity (Wildman–Crippen MR) is 156 cm³/mol. The zero-order chi connectivity index (χ0) is 26.6. The first-order valence-electron chi connectivity index (χ1n) is 13.8. The van der Waals surface area contributed by atoms with E-state index in [1.807, 2.05) is 41.3 Å². The number of fused-ring (bicyclic) bond motifs is 1. The van der Waals surface area contributed by atoms with E-state index >= 15 is 0 Å². The molecule has 4 aromatic rings. The van der Waals surface area contributed by atoms with Gasteiger partial charge < -0.3 is 14.7 Å². The molecular formula is C32H39N5O. The van der Waals surface area contributed by atoms with Crippen molar-refractivity contribution in [2.75, 3.05) is 44.2 Å². The molecule has 38 heavy (non-hydrogen) atoms. The largest absolute Gasteiger partial charge is 0.354 e. The van der Waals surface area contributed by atoms with Crippen LogP contribution < -0.4 is 4.90 Å². The number of benzene rings is 3. The van der Waals surface area contributed by atoms with Crippen LogP contribution in [0.3, 0.4) is 0 Å². The number of amides is 1. The van der Waals surface area contributed by atoms with Crippen LogP contribution in [0.4, 0.5) is 5.82 Å². The lowest BCUT2D eigenvalue weighted by Gasteiger charge is -2.36. The summed E-state index contributed by atoms with van der Waals surface area (Å²) in [5, 5.41) is 7.12. The second-order valence-electron chi connectivity index (χ2n) is 10.7. The smallest absolute Gasteiger partial charge is 0.254 e. The van der Waals surface area contributed by atoms with Crippen molar-refractivity contribution in [3.63, 3.8) is 0 Å². The molecule has 0 spiro atoms. The van der Waals surface area contributed by atoms with E-state index in [0.29, 0.717) is 19.0 Å². The third kappa shape index (κ3) is 5.32. The number of piperazine rings is 1. The maximum atomic E-state index is 14.1. The Hall–Kier alpha value is -3.64. The summed E-state index contributed by atoms with van der Waals surface area (Å²) in [5.74, 6) is 1.53. The van der Waals surface area contributed by atoms with Gasteiger partial charge in [-0.05, 0) is 48.4 Å². The molecule has 0 atom stereocenters. The van der Waals surface area contributed by atoms with Crippen LogP contribution in [0.25, 0.3) is 16.5 Å². The standard InChI is InChI=1S/C32H39N5O/c1-5-34-18-20-35(21-19-34)31-30(25(4)33-37(31)27-14-7-6-8-15-27)23-36(22-24(2)3)32(38)29-17-11-13-26-12-9-10-16-28(26)29/h6-17,24H,5,18-23H2,1-4H3. The fourth-order valence-electron chi connectivity index (χ4n) is 5.52. The summed E-state index contributed by atoms with van der Waals surface area (Å²) in [7, 11) is 0. The minimum Gasteiger partial charge on any atom is -0.354 e. The molecule has 198 valence electrons. The third-order valence-electron chi connectivity index (χ3n) is 7.52. The molecule has 1 aliphatic rings. The highest BCUT2D eigenvalue weighted by Gasteiger charge is 2.28. The topological polar surface area (TPSA) is 44.6 Å². The molecule has 6 heteroatoms. The molecule has 0 aliphatic carbocycles. The zero-order valence-electron chi connectivity index (χ0n) is 23.1. The molecule has 0 unspecified atom stereocenters. The number of carbonyl (C=O) groups excluding carboxylic acids is 1. The number of aromatic nitrogens is 2. The molecule has 3 aromatic carbocycles. The highest BCUT2D eigenvalue weighted by molar-refractivity contribution is 6.07. The summed E-state index contributed by atoms with van der Waals surface area (Å²) < 4.78 is 2.09. The molecule has 1 amide bonds. The number of hydrogen-bond donors (Lipinski definition) is 0. The van der Waals surface area contributed by atoms with Gasteiger partial charge in [-0.2, -0.15) is 5.10 Å². The van der Waals surface area contributed by atoms with Gasteiger partial charge in [0.25, 0.3) is 5.91 Å². The van der Waals surface area contributed by atoms with Crippen LogP contribution in [0.1, 0.15) is 42.4 Å². The maximum absolute atomic E-state index is 14.1. The van der Waals surface area contributed by atoms with Crippen LogP contribution in [0.2, 0.25) is 0 Å². The Bertz CT molecular complexity index is 1380. The second-order valence-corrected chi connectivity index (χ2v) is 10.7. The number of carbonyl (C=O) groups is 1. The Morgan fingerprint density at radius 1 is 0.921 bits per heavy atom. The number of rotatable bonds is 8. The molecule has 0 bridgehead atoms. The average molecular weight is 510 g/mol. The van der Waals surface area contributed by atoms with Crippen molar-refractivity contribution in [3.05, 3.63) is 89.6 Å². The first-order valence-corrected chi connectivity index (χ1v) is 13.8. The summed E-state index contributed by atoms with van der Waals surface area (Å²) in [6, 6.07) is 24.5. The maximum Gasteiger partial charge on any atom is 0.254 e. The van der Waals surface area contributed by atoms with Crippen molar-refractivity contribution < 1.29 is 4.79 Å². The molecule has 5 rings (SSSR count). The predicted octanol–water partition coefficient (Wildman–Crippen LogP) is 5.77. The van der Waals surface area contributed by atoms with Crippen LogP contribution in [0, 0.1) is 12.8 Å². The van der Waals surface area contributed by atoms with Crippen LogP contribution >= 0.6 is 0 Å². The Morgan fingerprint density at radius 3 is 2.32 bits per heavy atom. The molecule has 1 aromatic heterocycles. The van der Waals surface area contributed by atoms with E-state index in [1.165, 1.54) is 0 Å². The fraction of sp³-hybridized carbons (Fsp3) is 0.375. The Labute approximate surface area is 226 Å². The Kier molecular flexibility index (Phi) is 7.79. The molecule has 1 saturated heterocycles. The molecule has 1 aliphatic heterocycles. The van der Waals surface area contributed by atoms with Gasteiger partial charge in [-0.15, -0.1) is 0 Å². The Morgan fingerprint density at radius 2 is 1.61 bits per heavy atom. The van der Waals surface area contributed by atoms with E-state index < -0.39 is 0 Å². The van der Waals surface area contributed by atoms with Gasteiger partial charge >= 0.3 is 0 Å². The van der Waals surface area contributed by atoms with E-state index in [4.69, 9.17) is 5.10 Å². The highest BCUT2D eigenvalue weighted by atomic mass is 16.2. The number of hydrogen-bond acceptors (Lipinski definition) is 4. The van der Waals surface area contributed by atoms with E-state index in [9.17, 15) is 4.79 Å². The van der Waals surface area contributed by atoms with Crippen LogP contribution in [0.15, 0.2) is 72.8 Å². The van der Waals surface area contributed by atoms with Crippen molar-refractivity contribution in [1.82, 2.24) is 19.6 Å². The van der Waals surface area contributed by atoms with Crippen molar-refractivity contribution in [2.45, 2.75) is 34.2 Å². The van der Waals surface area contributed by atoms with E-state index in [0.717, 1.165) is 71.8 Å². The lowest BCUT2D eigenvalue weighted by molar-refractivity contribution is 0.0724. The van der Waals surface area contributed by atoms with Crippen molar-refractivity contribution >= 4 is 22.5 Å². The lowest BCUT2D eigenvalue weighted by atomic mass is 10.0. The Balaban J connectivity index is 1.56. The summed E-state index contributed by atoms with van der Waals surface area (Å²) in [5.41, 5.74) is 3.91. The van der Waals surface area contributed by atoms with Crippen molar-refractivity contribution in [1.29, 1.82) is 0 Å². The number of para-hydroxylation sites is 1. The monoisotopic (exact) mass is 509 g/mol. The van der Waals surface area contributed by atoms with Gasteiger partial charge in [-0.3, -0.25) is 4.79 Å². The first-order chi connectivity index (χ1) is 18.5. The van der Waals surface area contributed by atoms with Gasteiger partial charge in [0, 0.05) is 43.9 Å². The van der Waals surface area contributed by atoms with Crippen LogP contribution in [0.5, 0.6) is 0 Å². The molecule has 0 radical (unpaired) electrons. The summed E-state index contributed by atoms with van der Waals surface area (Å²) in [6.45, 7) is 14.9. The van der Waals surface area contributed by atoms with Gasteiger partial charge in [-0.1, -0.05) is 75.4 Å². The minimum absolute atomic E-state index is 0.0733. The van der Waals surface area contributed by atoms with Crippen molar-refractivity contribution in [3.8, 4) is 5.69 Å². The molecule has 0 N–H and O–H groups in total. The van der Waals surface area contributed by atoms with Gasteiger partial charge in [0.1, 0.15) is 5.82 Å². The van der Waals surface area contributed by atoms with E-state index in [-0.39, 0.29) is 5.91 Å². The minimum atomic E-state index is 0.0733. The number of nitrogens with zero attached hydrogens (tertiary/aromatic N) is 5. The van der Waals surface area contributed by atoms with Crippen molar-refractivity contribution in [2.24, 2.45) is 5.92 Å². The zero-order valence-corrected chi connectivity index (χ0v) is 23.1. The first kappa shape index (κ1) is 26.0. The van der Waals surface area contributed by atoms with Gasteiger partial charge in [-0.25, -0.2) is 4.68 Å². The number of likely N-dealkylation sites (N-methyl/N-ethyl adjacent to an activating group) is 1. The number of anilines is 1. The summed E-state index contributed by atoms with van der Waals surface area (Å²) in [6.07, 6.45) is 0. The van der Waals surface area contributed by atoms with E-state index in [2.05, 4.69) is 78.6 Å². The third-order valence-corrected chi connectivity index (χ3v) is 7.52. The second kappa shape index (κ2) is 11.4.